The fraction of sp³-hybridized carbons (Fsp3) is 0.778. The van der Waals surface area contributed by atoms with Crippen LogP contribution in [0.25, 0.3) is 0 Å². The Morgan fingerprint density at radius 1 is 0.767 bits per heavy atom. The van der Waals surface area contributed by atoms with E-state index in [1.807, 2.05) is 26.0 Å². The zero-order valence-corrected chi connectivity index (χ0v) is 20.5. The van der Waals surface area contributed by atoms with Crippen molar-refractivity contribution in [1.82, 2.24) is 0 Å². The van der Waals surface area contributed by atoms with Crippen molar-refractivity contribution < 1.29 is 8.78 Å². The van der Waals surface area contributed by atoms with Crippen molar-refractivity contribution in [2.75, 3.05) is 0 Å². The van der Waals surface area contributed by atoms with Gasteiger partial charge >= 0.3 is 4.83 Å². The van der Waals surface area contributed by atoms with Crippen LogP contribution in [0.3, 0.4) is 0 Å². The average molecular weight is 482 g/mol. The molecule has 0 unspecified atom stereocenters. The third kappa shape index (κ3) is 5.30. The van der Waals surface area contributed by atoms with Crippen molar-refractivity contribution in [3.05, 3.63) is 34.4 Å². The van der Waals surface area contributed by atoms with E-state index < -0.39 is 4.83 Å². The summed E-state index contributed by atoms with van der Waals surface area (Å²) in [5, 5.41) is 0. The molecule has 0 N–H and O–H groups in total. The highest BCUT2D eigenvalue weighted by atomic mass is 79.9. The molecule has 1 aromatic rings. The highest BCUT2D eigenvalue weighted by Gasteiger charge is 2.34. The van der Waals surface area contributed by atoms with Gasteiger partial charge in [0.2, 0.25) is 0 Å². The smallest absolute Gasteiger partial charge is 0.188 e. The summed E-state index contributed by atoms with van der Waals surface area (Å²) in [6.45, 7) is 3.66. The lowest BCUT2D eigenvalue weighted by molar-refractivity contribution is 0.113. The molecular formula is C27H39BrF2. The van der Waals surface area contributed by atoms with E-state index >= 15 is 0 Å². The molecule has 0 spiro atoms. The Kier molecular flexibility index (Phi) is 7.27. The number of halogens is 3. The topological polar surface area (TPSA) is 0 Å². The summed E-state index contributed by atoms with van der Waals surface area (Å²) in [5.41, 5.74) is 2.86. The molecule has 0 radical (unpaired) electrons. The maximum absolute atomic E-state index is 13.9. The van der Waals surface area contributed by atoms with Gasteiger partial charge < -0.3 is 0 Å². The summed E-state index contributed by atoms with van der Waals surface area (Å²) < 4.78 is 27.7. The maximum atomic E-state index is 13.9. The number of alkyl halides is 3. The van der Waals surface area contributed by atoms with Gasteiger partial charge in [-0.2, -0.15) is 8.78 Å². The van der Waals surface area contributed by atoms with E-state index in [-0.39, 0.29) is 5.56 Å². The van der Waals surface area contributed by atoms with Crippen LogP contribution in [-0.2, 0) is 4.83 Å². The van der Waals surface area contributed by atoms with Gasteiger partial charge in [0.15, 0.2) is 0 Å². The molecule has 0 amide bonds. The standard InChI is InChI=1S/C27H39BrF2/c1-18-15-25(16-19(2)26(18)27(28,29)30)24-13-11-23(12-14-24)22-9-7-21(8-10-22)17-20-5-3-4-6-20/h15-16,20-24H,3-14,17H2,1-2H3. The number of hydrogen-bond donors (Lipinski definition) is 0. The molecule has 3 fully saturated rings. The summed E-state index contributed by atoms with van der Waals surface area (Å²) >= 11 is 2.56. The summed E-state index contributed by atoms with van der Waals surface area (Å²) in [5.74, 6) is 4.46. The van der Waals surface area contributed by atoms with Gasteiger partial charge in [0.1, 0.15) is 0 Å². The van der Waals surface area contributed by atoms with E-state index in [9.17, 15) is 8.78 Å². The van der Waals surface area contributed by atoms with E-state index in [1.165, 1.54) is 89.0 Å². The normalized spacial score (nSPS) is 31.2. The second-order valence-corrected chi connectivity index (χ2v) is 11.8. The van der Waals surface area contributed by atoms with Crippen LogP contribution in [-0.4, -0.2) is 0 Å². The van der Waals surface area contributed by atoms with Crippen molar-refractivity contribution in [3.8, 4) is 0 Å². The molecule has 168 valence electrons. The summed E-state index contributed by atoms with van der Waals surface area (Å²) in [7, 11) is 0. The lowest BCUT2D eigenvalue weighted by atomic mass is 9.67. The van der Waals surface area contributed by atoms with Crippen LogP contribution in [0.4, 0.5) is 8.78 Å². The highest BCUT2D eigenvalue weighted by molar-refractivity contribution is 9.09. The van der Waals surface area contributed by atoms with E-state index in [4.69, 9.17) is 0 Å². The molecule has 1 aromatic carbocycles. The van der Waals surface area contributed by atoms with Crippen molar-refractivity contribution in [2.24, 2.45) is 23.7 Å². The first kappa shape index (κ1) is 22.7. The van der Waals surface area contributed by atoms with Gasteiger partial charge in [-0.05, 0) is 121 Å². The first-order chi connectivity index (χ1) is 14.3. The number of benzene rings is 1. The zero-order valence-electron chi connectivity index (χ0n) is 18.9. The number of aryl methyl sites for hydroxylation is 2. The fourth-order valence-electron chi connectivity index (χ4n) is 7.22. The van der Waals surface area contributed by atoms with Crippen molar-refractivity contribution >= 4 is 15.9 Å². The molecule has 3 aliphatic rings. The van der Waals surface area contributed by atoms with E-state index in [0.717, 1.165) is 34.8 Å². The molecule has 3 aliphatic carbocycles. The molecule has 3 saturated carbocycles. The quantitative estimate of drug-likeness (QED) is 0.368. The van der Waals surface area contributed by atoms with Gasteiger partial charge in [-0.3, -0.25) is 0 Å². The zero-order chi connectivity index (χ0) is 21.3. The first-order valence-corrected chi connectivity index (χ1v) is 13.3. The Labute approximate surface area is 190 Å². The SMILES string of the molecule is Cc1cc(C2CCC(C3CCC(CC4CCCC4)CC3)CC2)cc(C)c1C(F)(F)Br. The molecule has 0 heterocycles. The van der Waals surface area contributed by atoms with Gasteiger partial charge in [0.25, 0.3) is 0 Å². The molecular weight excluding hydrogens is 442 g/mol. The number of hydrogen-bond acceptors (Lipinski definition) is 0. The second kappa shape index (κ2) is 9.59. The predicted octanol–water partition coefficient (Wildman–Crippen LogP) is 9.41. The lowest BCUT2D eigenvalue weighted by Gasteiger charge is -2.38. The maximum Gasteiger partial charge on any atom is 0.327 e. The summed E-state index contributed by atoms with van der Waals surface area (Å²) in [4.78, 5) is -2.94. The Balaban J connectivity index is 1.28. The molecule has 0 aliphatic heterocycles. The van der Waals surface area contributed by atoms with Crippen LogP contribution >= 0.6 is 15.9 Å². The van der Waals surface area contributed by atoms with Crippen molar-refractivity contribution in [2.45, 2.75) is 108 Å². The predicted molar refractivity (Wildman–Crippen MR) is 125 cm³/mol. The number of rotatable bonds is 5. The van der Waals surface area contributed by atoms with Crippen LogP contribution in [0.15, 0.2) is 12.1 Å². The summed E-state index contributed by atoms with van der Waals surface area (Å²) in [6.07, 6.45) is 18.5. The van der Waals surface area contributed by atoms with E-state index in [0.29, 0.717) is 5.92 Å². The van der Waals surface area contributed by atoms with Gasteiger partial charge in [0.05, 0.1) is 0 Å². The minimum Gasteiger partial charge on any atom is -0.188 e. The molecule has 30 heavy (non-hydrogen) atoms. The van der Waals surface area contributed by atoms with Crippen molar-refractivity contribution in [3.63, 3.8) is 0 Å². The second-order valence-electron chi connectivity index (χ2n) is 10.8. The average Bonchev–Trinajstić information content (AvgIpc) is 3.20. The monoisotopic (exact) mass is 480 g/mol. The molecule has 0 saturated heterocycles. The summed E-state index contributed by atoms with van der Waals surface area (Å²) in [6, 6.07) is 4.05. The molecule has 0 nitrogen and oxygen atoms in total. The third-order valence-corrected chi connectivity index (χ3v) is 9.18. The molecule has 3 heteroatoms. The fourth-order valence-corrected chi connectivity index (χ4v) is 7.84. The molecule has 0 aromatic heterocycles. The molecule has 4 rings (SSSR count). The third-order valence-electron chi connectivity index (χ3n) is 8.78. The Morgan fingerprint density at radius 3 is 1.73 bits per heavy atom. The first-order valence-electron chi connectivity index (χ1n) is 12.5. The minimum absolute atomic E-state index is 0.147. The van der Waals surface area contributed by atoms with Gasteiger partial charge in [-0.25, -0.2) is 0 Å². The lowest BCUT2D eigenvalue weighted by Crippen LogP contribution is -2.26. The van der Waals surface area contributed by atoms with Gasteiger partial charge in [-0.15, -0.1) is 0 Å². The van der Waals surface area contributed by atoms with Crippen LogP contribution in [0, 0.1) is 37.5 Å². The Hall–Kier alpha value is -0.440. The van der Waals surface area contributed by atoms with E-state index in [1.54, 1.807) is 0 Å². The highest BCUT2D eigenvalue weighted by Crippen LogP contribution is 2.46. The van der Waals surface area contributed by atoms with Gasteiger partial charge in [-0.1, -0.05) is 50.7 Å². The molecule has 0 atom stereocenters. The van der Waals surface area contributed by atoms with Crippen molar-refractivity contribution in [1.29, 1.82) is 0 Å². The van der Waals surface area contributed by atoms with Gasteiger partial charge in [0, 0.05) is 5.56 Å². The van der Waals surface area contributed by atoms with Crippen LogP contribution < -0.4 is 0 Å². The minimum atomic E-state index is -2.94. The Bertz CT molecular complexity index is 677. The Morgan fingerprint density at radius 2 is 1.23 bits per heavy atom. The molecule has 0 bridgehead atoms. The van der Waals surface area contributed by atoms with E-state index in [2.05, 4.69) is 15.9 Å². The van der Waals surface area contributed by atoms with Crippen LogP contribution in [0.5, 0.6) is 0 Å². The van der Waals surface area contributed by atoms with Crippen LogP contribution in [0.1, 0.15) is 112 Å². The van der Waals surface area contributed by atoms with Crippen LogP contribution in [0.2, 0.25) is 0 Å². The largest absolute Gasteiger partial charge is 0.327 e.